The average Bonchev–Trinajstić information content (AvgIpc) is 3.18. The van der Waals surface area contributed by atoms with E-state index in [1.165, 1.54) is 36.0 Å². The van der Waals surface area contributed by atoms with E-state index in [0.29, 0.717) is 5.92 Å². The quantitative estimate of drug-likeness (QED) is 0.907. The lowest BCUT2D eigenvalue weighted by Crippen LogP contribution is -2.10. The Balaban J connectivity index is 1.69. The number of aromatic nitrogens is 2. The van der Waals surface area contributed by atoms with Crippen LogP contribution in [0.15, 0.2) is 30.5 Å². The molecule has 0 bridgehead atoms. The first-order valence-electron chi connectivity index (χ1n) is 7.56. The van der Waals surface area contributed by atoms with Gasteiger partial charge >= 0.3 is 0 Å². The second kappa shape index (κ2) is 4.98. The van der Waals surface area contributed by atoms with Crippen LogP contribution in [0.2, 0.25) is 0 Å². The van der Waals surface area contributed by atoms with Crippen molar-refractivity contribution in [1.82, 2.24) is 15.3 Å². The third kappa shape index (κ3) is 2.12. The molecule has 0 saturated carbocycles. The zero-order chi connectivity index (χ0) is 13.4. The molecule has 1 aliphatic carbocycles. The molecular weight excluding hydrogens is 246 g/mol. The fourth-order valence-electron chi connectivity index (χ4n) is 3.34. The van der Waals surface area contributed by atoms with E-state index < -0.39 is 0 Å². The highest BCUT2D eigenvalue weighted by Gasteiger charge is 2.20. The smallest absolute Gasteiger partial charge is 0.133 e. The average molecular weight is 265 g/mol. The fraction of sp³-hybridized carbons (Fsp3) is 0.412. The molecule has 3 heteroatoms. The van der Waals surface area contributed by atoms with Gasteiger partial charge < -0.3 is 5.32 Å². The maximum atomic E-state index is 4.80. The Bertz CT molecular complexity index is 630. The molecule has 1 saturated heterocycles. The Kier molecular flexibility index (Phi) is 3.00. The van der Waals surface area contributed by atoms with Crippen molar-refractivity contribution in [2.45, 2.75) is 31.6 Å². The molecule has 4 rings (SSSR count). The largest absolute Gasteiger partial charge is 0.316 e. The second-order valence-corrected chi connectivity index (χ2v) is 5.83. The number of hydrogen-bond donors (Lipinski definition) is 1. The highest BCUT2D eigenvalue weighted by atomic mass is 15.0. The van der Waals surface area contributed by atoms with Crippen LogP contribution in [-0.2, 0) is 12.8 Å². The maximum Gasteiger partial charge on any atom is 0.133 e. The van der Waals surface area contributed by atoms with Gasteiger partial charge in [-0.1, -0.05) is 12.1 Å². The van der Waals surface area contributed by atoms with Crippen molar-refractivity contribution in [2.24, 2.45) is 0 Å². The fourth-order valence-corrected chi connectivity index (χ4v) is 3.34. The van der Waals surface area contributed by atoms with E-state index in [9.17, 15) is 0 Å². The van der Waals surface area contributed by atoms with E-state index in [4.69, 9.17) is 4.98 Å². The molecule has 1 N–H and O–H groups in total. The van der Waals surface area contributed by atoms with Crippen molar-refractivity contribution in [3.63, 3.8) is 0 Å². The zero-order valence-electron chi connectivity index (χ0n) is 11.6. The van der Waals surface area contributed by atoms with Crippen molar-refractivity contribution in [1.29, 1.82) is 0 Å². The highest BCUT2D eigenvalue weighted by molar-refractivity contribution is 5.61. The monoisotopic (exact) mass is 265 g/mol. The van der Waals surface area contributed by atoms with Gasteiger partial charge in [0.15, 0.2) is 0 Å². The molecule has 3 nitrogen and oxygen atoms in total. The first kappa shape index (κ1) is 12.0. The minimum absolute atomic E-state index is 0.476. The molecule has 20 heavy (non-hydrogen) atoms. The van der Waals surface area contributed by atoms with Gasteiger partial charge in [-0.3, -0.25) is 0 Å². The van der Waals surface area contributed by atoms with Crippen molar-refractivity contribution in [3.05, 3.63) is 47.4 Å². The number of nitrogens with zero attached hydrogens (tertiary/aromatic N) is 2. The van der Waals surface area contributed by atoms with Crippen LogP contribution in [0.1, 0.15) is 35.7 Å². The van der Waals surface area contributed by atoms with Crippen molar-refractivity contribution >= 4 is 0 Å². The van der Waals surface area contributed by atoms with Gasteiger partial charge in [-0.15, -0.1) is 0 Å². The van der Waals surface area contributed by atoms with Crippen molar-refractivity contribution in [2.75, 3.05) is 13.1 Å². The van der Waals surface area contributed by atoms with Gasteiger partial charge in [0, 0.05) is 24.2 Å². The molecule has 0 spiro atoms. The van der Waals surface area contributed by atoms with Gasteiger partial charge in [0.2, 0.25) is 0 Å². The van der Waals surface area contributed by atoms with E-state index in [0.717, 1.165) is 31.0 Å². The van der Waals surface area contributed by atoms with Gasteiger partial charge in [0.1, 0.15) is 5.82 Å². The molecule has 1 aliphatic heterocycles. The molecular formula is C17H19N3. The molecule has 1 unspecified atom stereocenters. The highest BCUT2D eigenvalue weighted by Crippen LogP contribution is 2.28. The number of hydrogen-bond acceptors (Lipinski definition) is 3. The van der Waals surface area contributed by atoms with Crippen LogP contribution in [-0.4, -0.2) is 23.1 Å². The van der Waals surface area contributed by atoms with Crippen LogP contribution >= 0.6 is 0 Å². The molecule has 2 aromatic rings. The van der Waals surface area contributed by atoms with Crippen molar-refractivity contribution in [3.8, 4) is 11.3 Å². The second-order valence-electron chi connectivity index (χ2n) is 5.83. The summed E-state index contributed by atoms with van der Waals surface area (Å²) in [6.45, 7) is 2.09. The number of nitrogens with one attached hydrogen (secondary N) is 1. The molecule has 1 aromatic heterocycles. The van der Waals surface area contributed by atoms with Gasteiger partial charge in [0.05, 0.1) is 5.69 Å². The lowest BCUT2D eigenvalue weighted by Gasteiger charge is -2.09. The number of aryl methyl sites for hydroxylation is 2. The van der Waals surface area contributed by atoms with Crippen LogP contribution < -0.4 is 5.32 Å². The first-order chi connectivity index (χ1) is 9.90. The summed E-state index contributed by atoms with van der Waals surface area (Å²) in [5.41, 5.74) is 5.32. The number of rotatable bonds is 2. The Morgan fingerprint density at radius 2 is 2.05 bits per heavy atom. The molecule has 1 atom stereocenters. The molecule has 2 heterocycles. The Morgan fingerprint density at radius 1 is 1.10 bits per heavy atom. The van der Waals surface area contributed by atoms with Crippen LogP contribution in [0.3, 0.4) is 0 Å². The topological polar surface area (TPSA) is 37.8 Å². The third-order valence-electron chi connectivity index (χ3n) is 4.49. The minimum atomic E-state index is 0.476. The van der Waals surface area contributed by atoms with Crippen LogP contribution in [0.4, 0.5) is 0 Å². The van der Waals surface area contributed by atoms with Crippen molar-refractivity contribution < 1.29 is 0 Å². The molecule has 2 aliphatic rings. The zero-order valence-corrected chi connectivity index (χ0v) is 11.6. The summed E-state index contributed by atoms with van der Waals surface area (Å²) in [6.07, 6.45) is 6.80. The van der Waals surface area contributed by atoms with Gasteiger partial charge in [-0.2, -0.15) is 0 Å². The first-order valence-corrected chi connectivity index (χ1v) is 7.56. The predicted molar refractivity (Wildman–Crippen MR) is 79.7 cm³/mol. The standard InChI is InChI=1S/C17H19N3/c1-2-12-4-5-14(10-13(12)3-1)16-7-9-19-17(20-16)15-6-8-18-11-15/h4-5,7,9-10,15,18H,1-3,6,8,11H2. The van der Waals surface area contributed by atoms with Gasteiger partial charge in [0.25, 0.3) is 0 Å². The molecule has 0 amide bonds. The number of fused-ring (bicyclic) bond motifs is 1. The summed E-state index contributed by atoms with van der Waals surface area (Å²) < 4.78 is 0. The molecule has 1 fully saturated rings. The normalized spacial score (nSPS) is 21.1. The summed E-state index contributed by atoms with van der Waals surface area (Å²) in [4.78, 5) is 9.27. The van der Waals surface area contributed by atoms with E-state index in [-0.39, 0.29) is 0 Å². The summed E-state index contributed by atoms with van der Waals surface area (Å²) in [5.74, 6) is 1.47. The third-order valence-corrected chi connectivity index (χ3v) is 4.49. The van der Waals surface area contributed by atoms with E-state index in [1.54, 1.807) is 0 Å². The number of benzene rings is 1. The lowest BCUT2D eigenvalue weighted by molar-refractivity contribution is 0.703. The molecule has 102 valence electrons. The summed E-state index contributed by atoms with van der Waals surface area (Å²) >= 11 is 0. The van der Waals surface area contributed by atoms with Gasteiger partial charge in [-0.05, 0) is 55.5 Å². The van der Waals surface area contributed by atoms with E-state index in [1.807, 2.05) is 12.3 Å². The van der Waals surface area contributed by atoms with E-state index >= 15 is 0 Å². The Morgan fingerprint density at radius 3 is 2.95 bits per heavy atom. The summed E-state index contributed by atoms with van der Waals surface area (Å²) in [7, 11) is 0. The summed E-state index contributed by atoms with van der Waals surface area (Å²) in [6, 6.07) is 8.84. The lowest BCUT2D eigenvalue weighted by atomic mass is 10.0. The Hall–Kier alpha value is -1.74. The summed E-state index contributed by atoms with van der Waals surface area (Å²) in [5, 5.41) is 3.38. The SMILES string of the molecule is c1cc(-c2ccc3c(c2)CCC3)nc(C2CCNC2)n1. The molecule has 1 aromatic carbocycles. The van der Waals surface area contributed by atoms with Gasteiger partial charge in [-0.25, -0.2) is 9.97 Å². The molecule has 0 radical (unpaired) electrons. The minimum Gasteiger partial charge on any atom is -0.316 e. The van der Waals surface area contributed by atoms with E-state index in [2.05, 4.69) is 28.5 Å². The van der Waals surface area contributed by atoms with Crippen LogP contribution in [0, 0.1) is 0 Å². The van der Waals surface area contributed by atoms with Crippen LogP contribution in [0.5, 0.6) is 0 Å². The van der Waals surface area contributed by atoms with Crippen LogP contribution in [0.25, 0.3) is 11.3 Å². The predicted octanol–water partition coefficient (Wildman–Crippen LogP) is 2.71. The maximum absolute atomic E-state index is 4.80. The Labute approximate surface area is 119 Å².